The van der Waals surface area contributed by atoms with Crippen molar-refractivity contribution in [2.45, 2.75) is 348 Å². The van der Waals surface area contributed by atoms with Gasteiger partial charge in [0.15, 0.2) is 6.10 Å². The molecule has 75 heavy (non-hydrogen) atoms. The van der Waals surface area contributed by atoms with Crippen LogP contribution in [0.25, 0.3) is 0 Å². The van der Waals surface area contributed by atoms with Crippen LogP contribution < -0.4 is 0 Å². The van der Waals surface area contributed by atoms with Crippen molar-refractivity contribution >= 4 is 17.9 Å². The zero-order chi connectivity index (χ0) is 54.3. The van der Waals surface area contributed by atoms with Gasteiger partial charge in [0.25, 0.3) is 0 Å². The van der Waals surface area contributed by atoms with Gasteiger partial charge in [0, 0.05) is 19.3 Å². The van der Waals surface area contributed by atoms with Crippen LogP contribution in [0.2, 0.25) is 0 Å². The fourth-order valence-electron chi connectivity index (χ4n) is 9.50. The molecule has 0 N–H and O–H groups in total. The Kier molecular flexibility index (Phi) is 61.2. The van der Waals surface area contributed by atoms with Gasteiger partial charge in [-0.25, -0.2) is 0 Å². The maximum Gasteiger partial charge on any atom is 0.306 e. The van der Waals surface area contributed by atoms with Gasteiger partial charge in [0.1, 0.15) is 13.2 Å². The summed E-state index contributed by atoms with van der Waals surface area (Å²) in [5.74, 6) is -0.884. The maximum atomic E-state index is 12.9. The minimum Gasteiger partial charge on any atom is -0.462 e. The molecule has 0 aromatic rings. The van der Waals surface area contributed by atoms with E-state index in [1.165, 1.54) is 212 Å². The molecule has 0 aliphatic rings. The van der Waals surface area contributed by atoms with Crippen LogP contribution in [0.1, 0.15) is 342 Å². The van der Waals surface area contributed by atoms with Gasteiger partial charge in [0.05, 0.1) is 0 Å². The molecule has 0 saturated heterocycles. The smallest absolute Gasteiger partial charge is 0.306 e. The van der Waals surface area contributed by atoms with Crippen molar-refractivity contribution in [2.75, 3.05) is 13.2 Å². The minimum absolute atomic E-state index is 0.0805. The van der Waals surface area contributed by atoms with Crippen molar-refractivity contribution < 1.29 is 28.6 Å². The van der Waals surface area contributed by atoms with Gasteiger partial charge < -0.3 is 14.2 Å². The SMILES string of the molecule is CCCCCCC/C=C\C/C=C\C/C=C\CCCCCCCCCCCCC(=O)OCC(COC(=O)CCCCCCC/C=C\CCCCCCCCC)OC(=O)CCCCCCC/C=C\CCCCCCCCC. The van der Waals surface area contributed by atoms with Crippen LogP contribution in [-0.4, -0.2) is 37.2 Å². The summed E-state index contributed by atoms with van der Waals surface area (Å²) in [6, 6.07) is 0. The van der Waals surface area contributed by atoms with E-state index in [0.717, 1.165) is 89.9 Å². The summed E-state index contributed by atoms with van der Waals surface area (Å²) in [7, 11) is 0. The summed E-state index contributed by atoms with van der Waals surface area (Å²) in [5, 5.41) is 0. The molecule has 0 bridgehead atoms. The summed E-state index contributed by atoms with van der Waals surface area (Å²) in [6.07, 6.45) is 80.8. The molecule has 0 saturated carbocycles. The van der Waals surface area contributed by atoms with Gasteiger partial charge in [-0.3, -0.25) is 14.4 Å². The van der Waals surface area contributed by atoms with E-state index < -0.39 is 6.10 Å². The van der Waals surface area contributed by atoms with E-state index in [9.17, 15) is 14.4 Å². The summed E-state index contributed by atoms with van der Waals surface area (Å²) in [4.78, 5) is 38.3. The van der Waals surface area contributed by atoms with Crippen molar-refractivity contribution in [3.63, 3.8) is 0 Å². The molecule has 0 amide bonds. The van der Waals surface area contributed by atoms with E-state index in [1.54, 1.807) is 0 Å². The normalized spacial score (nSPS) is 12.4. The van der Waals surface area contributed by atoms with Crippen LogP contribution in [0, 0.1) is 0 Å². The summed E-state index contributed by atoms with van der Waals surface area (Å²) in [6.45, 7) is 6.65. The summed E-state index contributed by atoms with van der Waals surface area (Å²) >= 11 is 0. The molecule has 0 aliphatic heterocycles. The van der Waals surface area contributed by atoms with E-state index in [2.05, 4.69) is 81.5 Å². The number of unbranched alkanes of at least 4 members (excludes halogenated alkanes) is 39. The van der Waals surface area contributed by atoms with Crippen LogP contribution in [-0.2, 0) is 28.6 Å². The first-order valence-electron chi connectivity index (χ1n) is 32.8. The Morgan fingerprint density at radius 1 is 0.267 bits per heavy atom. The molecule has 0 fully saturated rings. The Labute approximate surface area is 466 Å². The Hall–Kier alpha value is -2.89. The highest BCUT2D eigenvalue weighted by atomic mass is 16.6. The van der Waals surface area contributed by atoms with Crippen molar-refractivity contribution in [1.82, 2.24) is 0 Å². The lowest BCUT2D eigenvalue weighted by Gasteiger charge is -2.18. The number of esters is 3. The van der Waals surface area contributed by atoms with Crippen molar-refractivity contribution in [3.8, 4) is 0 Å². The molecule has 1 atom stereocenters. The predicted molar refractivity (Wildman–Crippen MR) is 325 cm³/mol. The summed E-state index contributed by atoms with van der Waals surface area (Å²) in [5.41, 5.74) is 0. The number of hydrogen-bond acceptors (Lipinski definition) is 6. The highest BCUT2D eigenvalue weighted by Crippen LogP contribution is 2.16. The number of hydrogen-bond donors (Lipinski definition) is 0. The van der Waals surface area contributed by atoms with E-state index in [4.69, 9.17) is 14.2 Å². The number of carbonyl (C=O) groups is 3. The largest absolute Gasteiger partial charge is 0.462 e. The molecular formula is C69H124O6. The first kappa shape index (κ1) is 72.1. The van der Waals surface area contributed by atoms with E-state index in [0.29, 0.717) is 19.3 Å². The Balaban J connectivity index is 4.33. The van der Waals surface area contributed by atoms with Gasteiger partial charge >= 0.3 is 17.9 Å². The molecule has 0 spiro atoms. The van der Waals surface area contributed by atoms with Gasteiger partial charge in [-0.05, 0) is 109 Å². The highest BCUT2D eigenvalue weighted by Gasteiger charge is 2.19. The molecule has 0 rings (SSSR count). The lowest BCUT2D eigenvalue weighted by atomic mass is 10.1. The zero-order valence-electron chi connectivity index (χ0n) is 50.1. The van der Waals surface area contributed by atoms with Crippen LogP contribution in [0.4, 0.5) is 0 Å². The molecule has 0 radical (unpaired) electrons. The molecule has 0 aliphatic carbocycles. The third kappa shape index (κ3) is 61.8. The second-order valence-corrected chi connectivity index (χ2v) is 22.0. The van der Waals surface area contributed by atoms with Crippen LogP contribution in [0.15, 0.2) is 60.8 Å². The molecular weight excluding hydrogens is 925 g/mol. The number of rotatable bonds is 60. The lowest BCUT2D eigenvalue weighted by molar-refractivity contribution is -0.167. The first-order chi connectivity index (χ1) is 37.0. The Morgan fingerprint density at radius 3 is 0.760 bits per heavy atom. The Morgan fingerprint density at radius 2 is 0.480 bits per heavy atom. The molecule has 0 heterocycles. The van der Waals surface area contributed by atoms with Gasteiger partial charge in [-0.2, -0.15) is 0 Å². The second-order valence-electron chi connectivity index (χ2n) is 22.0. The minimum atomic E-state index is -0.784. The van der Waals surface area contributed by atoms with E-state index in [-0.39, 0.29) is 31.1 Å². The number of ether oxygens (including phenoxy) is 3. The molecule has 0 aromatic heterocycles. The number of allylic oxidation sites excluding steroid dienone is 10. The van der Waals surface area contributed by atoms with Gasteiger partial charge in [0.2, 0.25) is 0 Å². The zero-order valence-corrected chi connectivity index (χ0v) is 50.1. The topological polar surface area (TPSA) is 78.9 Å². The van der Waals surface area contributed by atoms with Crippen LogP contribution in [0.5, 0.6) is 0 Å². The summed E-state index contributed by atoms with van der Waals surface area (Å²) < 4.78 is 16.9. The average Bonchev–Trinajstić information content (AvgIpc) is 3.41. The Bertz CT molecular complexity index is 1340. The standard InChI is InChI=1S/C69H124O6/c1-4-7-10-13-16-19-22-25-28-31-32-33-34-35-36-37-38-39-42-44-47-50-53-56-59-62-68(71)74-65-66(75-69(72)63-60-57-54-51-48-45-41-30-27-24-21-18-15-12-9-6-3)64-73-67(70)61-58-55-52-49-46-43-40-29-26-23-20-17-14-11-8-5-2/h22,25,29-32,34-35,40-41,66H,4-21,23-24,26-28,33,36-39,42-65H2,1-3H3/b25-22-,32-31-,35-34-,40-29-,41-30-. The fraction of sp³-hybridized carbons (Fsp3) is 0.812. The second kappa shape index (κ2) is 63.6. The molecule has 6 heteroatoms. The van der Waals surface area contributed by atoms with Crippen molar-refractivity contribution in [1.29, 1.82) is 0 Å². The third-order valence-corrected chi connectivity index (χ3v) is 14.5. The molecule has 6 nitrogen and oxygen atoms in total. The van der Waals surface area contributed by atoms with Gasteiger partial charge in [-0.1, -0.05) is 274 Å². The monoisotopic (exact) mass is 1050 g/mol. The van der Waals surface area contributed by atoms with E-state index in [1.807, 2.05) is 0 Å². The van der Waals surface area contributed by atoms with Crippen molar-refractivity contribution in [3.05, 3.63) is 60.8 Å². The average molecular weight is 1050 g/mol. The molecule has 0 aromatic carbocycles. The quantitative estimate of drug-likeness (QED) is 0.0261. The van der Waals surface area contributed by atoms with Crippen molar-refractivity contribution in [2.24, 2.45) is 0 Å². The maximum absolute atomic E-state index is 12.9. The predicted octanol–water partition coefficient (Wildman–Crippen LogP) is 22.3. The molecule has 1 unspecified atom stereocenters. The van der Waals surface area contributed by atoms with Crippen LogP contribution in [0.3, 0.4) is 0 Å². The fourth-order valence-corrected chi connectivity index (χ4v) is 9.50. The van der Waals surface area contributed by atoms with E-state index >= 15 is 0 Å². The molecule has 436 valence electrons. The van der Waals surface area contributed by atoms with Crippen LogP contribution >= 0.6 is 0 Å². The third-order valence-electron chi connectivity index (χ3n) is 14.5. The first-order valence-corrected chi connectivity index (χ1v) is 32.8. The highest BCUT2D eigenvalue weighted by molar-refractivity contribution is 5.71. The van der Waals surface area contributed by atoms with Gasteiger partial charge in [-0.15, -0.1) is 0 Å². The number of carbonyl (C=O) groups excluding carboxylic acids is 3. The lowest BCUT2D eigenvalue weighted by Crippen LogP contribution is -2.30.